The number of aromatic nitrogens is 2. The summed E-state index contributed by atoms with van der Waals surface area (Å²) in [5, 5.41) is 3.34. The number of halogens is 1. The zero-order chi connectivity index (χ0) is 12.0. The maximum atomic E-state index is 5.70. The van der Waals surface area contributed by atoms with Crippen LogP contribution in [0.5, 0.6) is 0 Å². The lowest BCUT2D eigenvalue weighted by atomic mass is 9.88. The summed E-state index contributed by atoms with van der Waals surface area (Å²) in [6.45, 7) is 7.27. The maximum absolute atomic E-state index is 5.70. The molecule has 3 nitrogen and oxygen atoms in total. The normalized spacial score (nSPS) is 11.5. The second-order valence-electron chi connectivity index (χ2n) is 4.80. The lowest BCUT2D eigenvalue weighted by Crippen LogP contribution is -2.23. The molecular formula is C12H20ClN3. The van der Waals surface area contributed by atoms with Crippen molar-refractivity contribution in [1.82, 2.24) is 9.97 Å². The van der Waals surface area contributed by atoms with Gasteiger partial charge in [0, 0.05) is 18.6 Å². The van der Waals surface area contributed by atoms with E-state index in [-0.39, 0.29) is 5.41 Å². The van der Waals surface area contributed by atoms with Crippen molar-refractivity contribution in [1.29, 1.82) is 0 Å². The van der Waals surface area contributed by atoms with E-state index in [4.69, 9.17) is 11.6 Å². The molecule has 0 atom stereocenters. The Labute approximate surface area is 103 Å². The van der Waals surface area contributed by atoms with Crippen LogP contribution < -0.4 is 5.32 Å². The van der Waals surface area contributed by atoms with Crippen LogP contribution in [-0.2, 0) is 0 Å². The number of anilines is 1. The van der Waals surface area contributed by atoms with Crippen molar-refractivity contribution in [2.75, 3.05) is 17.7 Å². The number of alkyl halides is 1. The highest BCUT2D eigenvalue weighted by molar-refractivity contribution is 6.17. The van der Waals surface area contributed by atoms with Gasteiger partial charge in [-0.15, -0.1) is 11.6 Å². The largest absolute Gasteiger partial charge is 0.369 e. The molecule has 0 unspecified atom stereocenters. The van der Waals surface area contributed by atoms with E-state index in [1.165, 1.54) is 0 Å². The fourth-order valence-corrected chi connectivity index (χ4v) is 1.65. The van der Waals surface area contributed by atoms with E-state index in [2.05, 4.69) is 29.1 Å². The van der Waals surface area contributed by atoms with Gasteiger partial charge in [-0.1, -0.05) is 13.8 Å². The van der Waals surface area contributed by atoms with Crippen molar-refractivity contribution < 1.29 is 0 Å². The van der Waals surface area contributed by atoms with Gasteiger partial charge in [-0.3, -0.25) is 0 Å². The molecule has 1 rings (SSSR count). The first kappa shape index (κ1) is 13.2. The SMILES string of the molecule is Cc1nccc(NCC(C)(C)CCCCl)n1. The standard InChI is InChI=1S/C12H20ClN3/c1-10-14-8-5-11(16-10)15-9-12(2,3)6-4-7-13/h5,8H,4,6-7,9H2,1-3H3,(H,14,15,16). The number of rotatable bonds is 6. The summed E-state index contributed by atoms with van der Waals surface area (Å²) in [6, 6.07) is 1.89. The molecule has 90 valence electrons. The Morgan fingerprint density at radius 2 is 2.19 bits per heavy atom. The molecule has 0 bridgehead atoms. The predicted molar refractivity (Wildman–Crippen MR) is 69.0 cm³/mol. The molecule has 1 N–H and O–H groups in total. The van der Waals surface area contributed by atoms with Crippen LogP contribution in [0.4, 0.5) is 5.82 Å². The highest BCUT2D eigenvalue weighted by atomic mass is 35.5. The van der Waals surface area contributed by atoms with Crippen molar-refractivity contribution in [2.24, 2.45) is 5.41 Å². The minimum atomic E-state index is 0.244. The van der Waals surface area contributed by atoms with Gasteiger partial charge >= 0.3 is 0 Å². The first-order chi connectivity index (χ1) is 7.53. The molecule has 0 spiro atoms. The summed E-state index contributed by atoms with van der Waals surface area (Å²) in [6.07, 6.45) is 3.95. The average molecular weight is 242 g/mol. The zero-order valence-corrected chi connectivity index (χ0v) is 11.0. The van der Waals surface area contributed by atoms with E-state index < -0.39 is 0 Å². The fourth-order valence-electron chi connectivity index (χ4n) is 1.52. The smallest absolute Gasteiger partial charge is 0.129 e. The molecule has 1 heterocycles. The Morgan fingerprint density at radius 1 is 1.44 bits per heavy atom. The van der Waals surface area contributed by atoms with Gasteiger partial charge in [0.25, 0.3) is 0 Å². The monoisotopic (exact) mass is 241 g/mol. The van der Waals surface area contributed by atoms with Gasteiger partial charge in [-0.2, -0.15) is 0 Å². The molecule has 0 aliphatic carbocycles. The van der Waals surface area contributed by atoms with Crippen LogP contribution in [0.3, 0.4) is 0 Å². The van der Waals surface area contributed by atoms with Crippen LogP contribution in [0.1, 0.15) is 32.5 Å². The van der Waals surface area contributed by atoms with E-state index in [0.717, 1.165) is 36.9 Å². The molecule has 1 aromatic rings. The Balaban J connectivity index is 2.44. The van der Waals surface area contributed by atoms with E-state index in [1.807, 2.05) is 13.0 Å². The van der Waals surface area contributed by atoms with E-state index in [1.54, 1.807) is 6.20 Å². The Morgan fingerprint density at radius 3 is 2.81 bits per heavy atom. The third-order valence-electron chi connectivity index (χ3n) is 2.51. The zero-order valence-electron chi connectivity index (χ0n) is 10.3. The lowest BCUT2D eigenvalue weighted by Gasteiger charge is -2.24. The summed E-state index contributed by atoms with van der Waals surface area (Å²) in [4.78, 5) is 8.37. The molecule has 0 saturated heterocycles. The van der Waals surface area contributed by atoms with Gasteiger partial charge < -0.3 is 5.32 Å². The van der Waals surface area contributed by atoms with Gasteiger partial charge in [0.2, 0.25) is 0 Å². The molecule has 0 aliphatic rings. The highest BCUT2D eigenvalue weighted by Gasteiger charge is 2.16. The molecule has 0 aliphatic heterocycles. The van der Waals surface area contributed by atoms with Gasteiger partial charge in [0.15, 0.2) is 0 Å². The van der Waals surface area contributed by atoms with Crippen LogP contribution in [0.2, 0.25) is 0 Å². The van der Waals surface area contributed by atoms with Crippen molar-refractivity contribution in [2.45, 2.75) is 33.6 Å². The molecule has 1 aromatic heterocycles. The Hall–Kier alpha value is -0.830. The van der Waals surface area contributed by atoms with Crippen molar-refractivity contribution in [3.63, 3.8) is 0 Å². The van der Waals surface area contributed by atoms with Crippen LogP contribution in [0, 0.1) is 12.3 Å². The summed E-state index contributed by atoms with van der Waals surface area (Å²) < 4.78 is 0. The van der Waals surface area contributed by atoms with Crippen molar-refractivity contribution in [3.05, 3.63) is 18.1 Å². The second-order valence-corrected chi connectivity index (χ2v) is 5.18. The van der Waals surface area contributed by atoms with Gasteiger partial charge in [-0.05, 0) is 31.2 Å². The first-order valence-corrected chi connectivity index (χ1v) is 6.16. The second kappa shape index (κ2) is 6.04. The van der Waals surface area contributed by atoms with Crippen LogP contribution >= 0.6 is 11.6 Å². The van der Waals surface area contributed by atoms with E-state index in [0.29, 0.717) is 0 Å². The van der Waals surface area contributed by atoms with E-state index >= 15 is 0 Å². The molecule has 0 fully saturated rings. The first-order valence-electron chi connectivity index (χ1n) is 5.63. The number of aryl methyl sites for hydroxylation is 1. The van der Waals surface area contributed by atoms with E-state index in [9.17, 15) is 0 Å². The summed E-state index contributed by atoms with van der Waals surface area (Å²) in [5.41, 5.74) is 0.244. The topological polar surface area (TPSA) is 37.8 Å². The summed E-state index contributed by atoms with van der Waals surface area (Å²) in [5.74, 6) is 2.42. The fraction of sp³-hybridized carbons (Fsp3) is 0.667. The Bertz CT molecular complexity index is 326. The summed E-state index contributed by atoms with van der Waals surface area (Å²) >= 11 is 5.70. The lowest BCUT2D eigenvalue weighted by molar-refractivity contribution is 0.355. The number of hydrogen-bond acceptors (Lipinski definition) is 3. The van der Waals surface area contributed by atoms with Crippen LogP contribution in [0.25, 0.3) is 0 Å². The predicted octanol–water partition coefficient (Wildman–Crippen LogP) is 3.24. The molecule has 0 radical (unpaired) electrons. The van der Waals surface area contributed by atoms with Crippen molar-refractivity contribution in [3.8, 4) is 0 Å². The minimum Gasteiger partial charge on any atom is -0.369 e. The molecule has 0 aromatic carbocycles. The molecule has 0 saturated carbocycles. The van der Waals surface area contributed by atoms with Crippen LogP contribution in [-0.4, -0.2) is 22.4 Å². The number of hydrogen-bond donors (Lipinski definition) is 1. The maximum Gasteiger partial charge on any atom is 0.129 e. The van der Waals surface area contributed by atoms with Gasteiger partial charge in [0.1, 0.15) is 11.6 Å². The molecule has 4 heteroatoms. The number of nitrogens with one attached hydrogen (secondary N) is 1. The van der Waals surface area contributed by atoms with Crippen LogP contribution in [0.15, 0.2) is 12.3 Å². The summed E-state index contributed by atoms with van der Waals surface area (Å²) in [7, 11) is 0. The minimum absolute atomic E-state index is 0.244. The van der Waals surface area contributed by atoms with Crippen molar-refractivity contribution >= 4 is 17.4 Å². The molecule has 16 heavy (non-hydrogen) atoms. The molecular weight excluding hydrogens is 222 g/mol. The average Bonchev–Trinajstić information content (AvgIpc) is 2.24. The number of nitrogens with zero attached hydrogens (tertiary/aromatic N) is 2. The quantitative estimate of drug-likeness (QED) is 0.777. The third-order valence-corrected chi connectivity index (χ3v) is 2.78. The molecule has 0 amide bonds. The Kier molecular flexibility index (Phi) is 5.00. The third kappa shape index (κ3) is 4.79. The van der Waals surface area contributed by atoms with Gasteiger partial charge in [0.05, 0.1) is 0 Å². The van der Waals surface area contributed by atoms with Gasteiger partial charge in [-0.25, -0.2) is 9.97 Å². The highest BCUT2D eigenvalue weighted by Crippen LogP contribution is 2.22.